The van der Waals surface area contributed by atoms with Crippen molar-refractivity contribution in [2.45, 2.75) is 31.5 Å². The molecule has 130 valence electrons. The Kier molecular flexibility index (Phi) is 7.31. The van der Waals surface area contributed by atoms with Crippen molar-refractivity contribution in [3.63, 3.8) is 0 Å². The van der Waals surface area contributed by atoms with Gasteiger partial charge in [0, 0.05) is 11.9 Å². The van der Waals surface area contributed by atoms with Crippen molar-refractivity contribution < 1.29 is 17.9 Å². The molecule has 0 fully saturated rings. The molecule has 2 rings (SSSR count). The van der Waals surface area contributed by atoms with Gasteiger partial charge in [-0.25, -0.2) is 0 Å². The van der Waals surface area contributed by atoms with Gasteiger partial charge in [-0.2, -0.15) is 13.2 Å². The summed E-state index contributed by atoms with van der Waals surface area (Å²) < 4.78 is 45.0. The smallest absolute Gasteiger partial charge is 0.364 e. The summed E-state index contributed by atoms with van der Waals surface area (Å²) in [6.07, 6.45) is -3.87. The van der Waals surface area contributed by atoms with Crippen LogP contribution in [0.5, 0.6) is 0 Å². The molecule has 2 aromatic carbocycles. The zero-order valence-electron chi connectivity index (χ0n) is 13.2. The maximum atomic E-state index is 13.3. The molecule has 0 saturated carbocycles. The molecule has 0 amide bonds. The van der Waals surface area contributed by atoms with E-state index in [1.807, 2.05) is 30.3 Å². The van der Waals surface area contributed by atoms with E-state index in [1.54, 1.807) is 12.1 Å². The molecule has 0 aromatic heterocycles. The van der Waals surface area contributed by atoms with E-state index in [-0.39, 0.29) is 12.2 Å². The van der Waals surface area contributed by atoms with Gasteiger partial charge < -0.3 is 4.74 Å². The molecule has 5 heteroatoms. The van der Waals surface area contributed by atoms with Crippen LogP contribution in [0.3, 0.4) is 0 Å². The average Bonchev–Trinajstić information content (AvgIpc) is 2.58. The van der Waals surface area contributed by atoms with Crippen molar-refractivity contribution >= 4 is 15.9 Å². The molecule has 0 N–H and O–H groups in total. The minimum Gasteiger partial charge on any atom is -0.364 e. The minimum absolute atomic E-state index is 0.109. The van der Waals surface area contributed by atoms with E-state index in [2.05, 4.69) is 15.9 Å². The molecule has 0 spiro atoms. The standard InChI is InChI=1S/C19H20BrF3O/c20-13-5-2-6-14-24-18(19(21,22)23)17-11-9-16(10-12-17)15-7-3-1-4-8-15/h1,3-4,7-12,18H,2,5-6,13-14H2. The van der Waals surface area contributed by atoms with E-state index in [0.717, 1.165) is 29.3 Å². The molecule has 0 bridgehead atoms. The van der Waals surface area contributed by atoms with Crippen molar-refractivity contribution in [2.75, 3.05) is 11.9 Å². The Morgan fingerprint density at radius 3 is 2.04 bits per heavy atom. The second-order valence-corrected chi connectivity index (χ2v) is 6.32. The van der Waals surface area contributed by atoms with Crippen LogP contribution in [0.2, 0.25) is 0 Å². The predicted octanol–water partition coefficient (Wildman–Crippen LogP) is 6.54. The molecular formula is C19H20BrF3O. The monoisotopic (exact) mass is 400 g/mol. The van der Waals surface area contributed by atoms with Crippen LogP contribution >= 0.6 is 15.9 Å². The molecule has 1 nitrogen and oxygen atoms in total. The van der Waals surface area contributed by atoms with Crippen molar-refractivity contribution in [2.24, 2.45) is 0 Å². The van der Waals surface area contributed by atoms with E-state index in [1.165, 1.54) is 12.1 Å². The Labute approximate surface area is 149 Å². The summed E-state index contributed by atoms with van der Waals surface area (Å²) >= 11 is 3.30. The Hall–Kier alpha value is -1.33. The molecular weight excluding hydrogens is 381 g/mol. The SMILES string of the molecule is FC(F)(F)C(OCCCCCBr)c1ccc(-c2ccccc2)cc1. The van der Waals surface area contributed by atoms with Crippen LogP contribution in [0, 0.1) is 0 Å². The van der Waals surface area contributed by atoms with Crippen LogP contribution in [-0.4, -0.2) is 18.1 Å². The highest BCUT2D eigenvalue weighted by molar-refractivity contribution is 9.09. The Morgan fingerprint density at radius 1 is 0.833 bits per heavy atom. The van der Waals surface area contributed by atoms with Crippen molar-refractivity contribution in [3.8, 4) is 11.1 Å². The van der Waals surface area contributed by atoms with Gasteiger partial charge in [0.1, 0.15) is 0 Å². The number of unbranched alkanes of at least 4 members (excludes halogenated alkanes) is 2. The largest absolute Gasteiger partial charge is 0.418 e. The normalized spacial score (nSPS) is 13.0. The molecule has 0 heterocycles. The highest BCUT2D eigenvalue weighted by Gasteiger charge is 2.41. The molecule has 1 unspecified atom stereocenters. The van der Waals surface area contributed by atoms with Gasteiger partial charge in [-0.3, -0.25) is 0 Å². The lowest BCUT2D eigenvalue weighted by atomic mass is 10.0. The maximum Gasteiger partial charge on any atom is 0.418 e. The Bertz CT molecular complexity index is 596. The molecule has 0 radical (unpaired) electrons. The molecule has 1 atom stereocenters. The third kappa shape index (κ3) is 5.64. The second-order valence-electron chi connectivity index (χ2n) is 5.53. The molecule has 0 saturated heterocycles. The van der Waals surface area contributed by atoms with E-state index in [9.17, 15) is 13.2 Å². The molecule has 0 aliphatic heterocycles. The first kappa shape index (κ1) is 19.0. The van der Waals surface area contributed by atoms with E-state index >= 15 is 0 Å². The fourth-order valence-electron chi connectivity index (χ4n) is 2.44. The lowest BCUT2D eigenvalue weighted by Gasteiger charge is -2.21. The van der Waals surface area contributed by atoms with Crippen molar-refractivity contribution in [1.82, 2.24) is 0 Å². The summed E-state index contributed by atoms with van der Waals surface area (Å²) in [5.41, 5.74) is 2.00. The average molecular weight is 401 g/mol. The highest BCUT2D eigenvalue weighted by atomic mass is 79.9. The molecule has 2 aromatic rings. The number of hydrogen-bond acceptors (Lipinski definition) is 1. The molecule has 0 aliphatic carbocycles. The van der Waals surface area contributed by atoms with Gasteiger partial charge in [0.15, 0.2) is 6.10 Å². The quantitative estimate of drug-likeness (QED) is 0.361. The van der Waals surface area contributed by atoms with Gasteiger partial charge in [-0.05, 0) is 29.5 Å². The third-order valence-corrected chi connectivity index (χ3v) is 4.24. The fourth-order valence-corrected chi connectivity index (χ4v) is 2.83. The molecule has 0 aliphatic rings. The predicted molar refractivity (Wildman–Crippen MR) is 94.3 cm³/mol. The number of benzene rings is 2. The van der Waals surface area contributed by atoms with Crippen LogP contribution in [0.15, 0.2) is 54.6 Å². The van der Waals surface area contributed by atoms with Crippen LogP contribution in [0.4, 0.5) is 13.2 Å². The van der Waals surface area contributed by atoms with Gasteiger partial charge in [0.25, 0.3) is 0 Å². The summed E-state index contributed by atoms with van der Waals surface area (Å²) in [4.78, 5) is 0. The van der Waals surface area contributed by atoms with Crippen LogP contribution in [-0.2, 0) is 4.74 Å². The lowest BCUT2D eigenvalue weighted by Crippen LogP contribution is -2.24. The lowest BCUT2D eigenvalue weighted by molar-refractivity contribution is -0.224. The fraction of sp³-hybridized carbons (Fsp3) is 0.368. The number of halogens is 4. The zero-order chi connectivity index (χ0) is 17.4. The van der Waals surface area contributed by atoms with Gasteiger partial charge >= 0.3 is 6.18 Å². The van der Waals surface area contributed by atoms with Gasteiger partial charge in [-0.15, -0.1) is 0 Å². The van der Waals surface area contributed by atoms with Crippen LogP contribution < -0.4 is 0 Å². The first-order valence-electron chi connectivity index (χ1n) is 7.92. The number of rotatable bonds is 8. The first-order valence-corrected chi connectivity index (χ1v) is 9.04. The Morgan fingerprint density at radius 2 is 1.46 bits per heavy atom. The second kappa shape index (κ2) is 9.23. The van der Waals surface area contributed by atoms with E-state index < -0.39 is 12.3 Å². The number of hydrogen-bond donors (Lipinski definition) is 0. The highest BCUT2D eigenvalue weighted by Crippen LogP contribution is 2.36. The Balaban J connectivity index is 2.06. The van der Waals surface area contributed by atoms with Crippen molar-refractivity contribution in [3.05, 3.63) is 60.2 Å². The summed E-state index contributed by atoms with van der Waals surface area (Å²) in [6, 6.07) is 16.0. The zero-order valence-corrected chi connectivity index (χ0v) is 14.8. The van der Waals surface area contributed by atoms with Gasteiger partial charge in [0.2, 0.25) is 0 Å². The summed E-state index contributed by atoms with van der Waals surface area (Å²) in [5, 5.41) is 0.858. The minimum atomic E-state index is -4.41. The van der Waals surface area contributed by atoms with Gasteiger partial charge in [0.05, 0.1) is 0 Å². The topological polar surface area (TPSA) is 9.23 Å². The van der Waals surface area contributed by atoms with Gasteiger partial charge in [-0.1, -0.05) is 76.9 Å². The van der Waals surface area contributed by atoms with Crippen LogP contribution in [0.1, 0.15) is 30.9 Å². The van der Waals surface area contributed by atoms with Crippen LogP contribution in [0.25, 0.3) is 11.1 Å². The summed E-state index contributed by atoms with van der Waals surface area (Å²) in [7, 11) is 0. The third-order valence-electron chi connectivity index (χ3n) is 3.68. The first-order chi connectivity index (χ1) is 11.5. The number of alkyl halides is 4. The summed E-state index contributed by atoms with van der Waals surface area (Å²) in [5.74, 6) is 0. The summed E-state index contributed by atoms with van der Waals surface area (Å²) in [6.45, 7) is 0.109. The van der Waals surface area contributed by atoms with E-state index in [0.29, 0.717) is 6.42 Å². The molecule has 24 heavy (non-hydrogen) atoms. The van der Waals surface area contributed by atoms with E-state index in [4.69, 9.17) is 4.74 Å². The number of ether oxygens (including phenoxy) is 1. The van der Waals surface area contributed by atoms with Crippen molar-refractivity contribution in [1.29, 1.82) is 0 Å². The maximum absolute atomic E-state index is 13.3.